The molecule has 0 unspecified atom stereocenters. The lowest BCUT2D eigenvalue weighted by atomic mass is 9.95. The number of aromatic amines is 1. The largest absolute Gasteiger partial charge is 0.495 e. The molecule has 5 aromatic rings. The van der Waals surface area contributed by atoms with E-state index in [4.69, 9.17) is 10.5 Å². The first-order chi connectivity index (χ1) is 35.1. The molecule has 0 atom stereocenters. The van der Waals surface area contributed by atoms with Crippen LogP contribution in [0.5, 0.6) is 5.75 Å². The van der Waals surface area contributed by atoms with E-state index in [-0.39, 0.29) is 72.8 Å². The maximum atomic E-state index is 13.9. The van der Waals surface area contributed by atoms with Crippen molar-refractivity contribution in [1.29, 1.82) is 0 Å². The molecule has 73 heavy (non-hydrogen) atoms. The maximum absolute atomic E-state index is 13.9. The Hall–Kier alpha value is -7.88. The second kappa shape index (κ2) is 23.1. The zero-order valence-electron chi connectivity index (χ0n) is 40.3. The van der Waals surface area contributed by atoms with E-state index in [2.05, 4.69) is 41.0 Å². The van der Waals surface area contributed by atoms with E-state index in [1.54, 1.807) is 46.3 Å². The topological polar surface area (TPSA) is 241 Å². The van der Waals surface area contributed by atoms with E-state index in [9.17, 15) is 41.9 Å². The highest BCUT2D eigenvalue weighted by Crippen LogP contribution is 2.34. The van der Waals surface area contributed by atoms with Gasteiger partial charge in [0.05, 0.1) is 36.0 Å². The number of unbranched alkanes of at least 4 members (excludes halogenated alkanes) is 1. The number of benzene rings is 2. The predicted octanol–water partition coefficient (Wildman–Crippen LogP) is 6.25. The summed E-state index contributed by atoms with van der Waals surface area (Å²) in [5.41, 5.74) is 8.78. The van der Waals surface area contributed by atoms with E-state index in [0.717, 1.165) is 50.4 Å². The molecule has 0 spiro atoms. The van der Waals surface area contributed by atoms with Gasteiger partial charge in [0.2, 0.25) is 17.7 Å². The first-order valence-electron chi connectivity index (χ1n) is 24.3. The predicted molar refractivity (Wildman–Crippen MR) is 266 cm³/mol. The van der Waals surface area contributed by atoms with Gasteiger partial charge in [0.1, 0.15) is 22.9 Å². The van der Waals surface area contributed by atoms with Gasteiger partial charge in [-0.15, -0.1) is 0 Å². The summed E-state index contributed by atoms with van der Waals surface area (Å²) in [5, 5.41) is 15.9. The molecule has 3 fully saturated rings. The number of nitrogens with one attached hydrogen (secondary N) is 4. The number of alkyl halides is 3. The first kappa shape index (κ1) is 51.5. The number of hydrogen-bond donors (Lipinski definition) is 5. The Morgan fingerprint density at radius 3 is 2.42 bits per heavy atom. The third-order valence-electron chi connectivity index (χ3n) is 13.2. The molecule has 0 radical (unpaired) electrons. The average molecular weight is 1010 g/mol. The normalized spacial score (nSPS) is 15.9. The number of nitrogen functional groups attached to an aromatic ring is 1. The fourth-order valence-electron chi connectivity index (χ4n) is 9.24. The number of carbonyl (C=O) groups is 6. The zero-order valence-corrected chi connectivity index (χ0v) is 40.3. The van der Waals surface area contributed by atoms with Gasteiger partial charge in [-0.1, -0.05) is 43.5 Å². The van der Waals surface area contributed by atoms with Crippen LogP contribution in [0.2, 0.25) is 0 Å². The standard InChI is InChI=1S/C51H57F3N12O7/c1-73-39-16-15-34(28-38(39)66-23-18-41(67)60-50(66)72)49(71)64-26-24-63(25-27-64)22-19-43(69)65(31-42(68)58-37-9-5-2-6-10-37)21-7-3-4-8-35-30-57-47(55)44-45(61-62-46(35)44)32-11-13-33(14-12-32)48(70)59-40-29-36(17-20-56-40)51(52,53)54/h4,8,11-17,20,28-30,37H,2-3,5-7,9-10,18-19,21-27,31H2,1H3,(H2,55,57)(H,58,68)(H,61,62)(H,56,59,70)(H,60,67,72)/b8-4+. The Kier molecular flexibility index (Phi) is 16.3. The molecule has 6 N–H and O–H groups in total. The first-order valence-corrected chi connectivity index (χ1v) is 24.3. The molecule has 2 aliphatic heterocycles. The second-order valence-electron chi connectivity index (χ2n) is 18.2. The number of allylic oxidation sites excluding steroid dienone is 1. The van der Waals surface area contributed by atoms with Crippen molar-refractivity contribution in [3.8, 4) is 17.0 Å². The summed E-state index contributed by atoms with van der Waals surface area (Å²) in [5.74, 6) is -1.18. The third kappa shape index (κ3) is 12.8. The molecule has 8 rings (SSSR count). The summed E-state index contributed by atoms with van der Waals surface area (Å²) in [4.78, 5) is 93.2. The third-order valence-corrected chi connectivity index (χ3v) is 13.2. The average Bonchev–Trinajstić information content (AvgIpc) is 3.85. The second-order valence-corrected chi connectivity index (χ2v) is 18.2. The lowest BCUT2D eigenvalue weighted by Crippen LogP contribution is -2.50. The number of nitrogens with two attached hydrogens (primary N) is 1. The van der Waals surface area contributed by atoms with Crippen molar-refractivity contribution >= 4 is 69.9 Å². The van der Waals surface area contributed by atoms with Gasteiger partial charge in [0.15, 0.2) is 0 Å². The maximum Gasteiger partial charge on any atom is 0.416 e. The van der Waals surface area contributed by atoms with E-state index in [0.29, 0.717) is 96.8 Å². The molecule has 19 nitrogen and oxygen atoms in total. The van der Waals surface area contributed by atoms with Crippen molar-refractivity contribution in [3.05, 3.63) is 95.3 Å². The van der Waals surface area contributed by atoms with Crippen LogP contribution in [0.4, 0.5) is 35.3 Å². The number of pyridine rings is 2. The number of H-pyrrole nitrogens is 1. The molecule has 1 aliphatic carbocycles. The van der Waals surface area contributed by atoms with Gasteiger partial charge in [0, 0.05) is 99.3 Å². The number of halogens is 3. The van der Waals surface area contributed by atoms with Gasteiger partial charge in [-0.3, -0.25) is 44.2 Å². The Labute approximate surface area is 418 Å². The number of carbonyl (C=O) groups excluding carboxylic acids is 6. The Bertz CT molecular complexity index is 2880. The molecule has 0 bridgehead atoms. The molecule has 1 saturated carbocycles. The Morgan fingerprint density at radius 1 is 0.945 bits per heavy atom. The van der Waals surface area contributed by atoms with Crippen molar-refractivity contribution < 1.29 is 46.7 Å². The minimum absolute atomic E-state index is 0.0577. The molecule has 3 aromatic heterocycles. The van der Waals surface area contributed by atoms with Crippen LogP contribution >= 0.6 is 0 Å². The number of rotatable bonds is 17. The van der Waals surface area contributed by atoms with E-state index < -0.39 is 23.7 Å². The highest BCUT2D eigenvalue weighted by Gasteiger charge is 2.32. The van der Waals surface area contributed by atoms with Crippen LogP contribution in [0.25, 0.3) is 28.2 Å². The van der Waals surface area contributed by atoms with Crippen LogP contribution in [-0.2, 0) is 20.6 Å². The van der Waals surface area contributed by atoms with Crippen LogP contribution in [0.1, 0.15) is 89.6 Å². The Balaban J connectivity index is 0.856. The van der Waals surface area contributed by atoms with Crippen LogP contribution in [-0.4, -0.2) is 136 Å². The van der Waals surface area contributed by atoms with Crippen molar-refractivity contribution in [2.45, 2.75) is 70.0 Å². The van der Waals surface area contributed by atoms with Gasteiger partial charge in [-0.25, -0.2) is 14.8 Å². The van der Waals surface area contributed by atoms with Crippen LogP contribution in [0, 0.1) is 0 Å². The monoisotopic (exact) mass is 1010 g/mol. The van der Waals surface area contributed by atoms with Gasteiger partial charge < -0.3 is 30.9 Å². The van der Waals surface area contributed by atoms with E-state index in [1.165, 1.54) is 24.1 Å². The van der Waals surface area contributed by atoms with E-state index >= 15 is 0 Å². The molecular weight excluding hydrogens is 950 g/mol. The lowest BCUT2D eigenvalue weighted by molar-refractivity contribution is -0.137. The highest BCUT2D eigenvalue weighted by atomic mass is 19.4. The number of hydrogen-bond acceptors (Lipinski definition) is 12. The van der Waals surface area contributed by atoms with E-state index in [1.807, 2.05) is 12.2 Å². The van der Waals surface area contributed by atoms with Crippen molar-refractivity contribution in [2.75, 3.05) is 75.4 Å². The molecule has 7 amide bonds. The molecule has 2 aromatic carbocycles. The summed E-state index contributed by atoms with van der Waals surface area (Å²) in [7, 11) is 1.47. The fourth-order valence-corrected chi connectivity index (χ4v) is 9.24. The van der Waals surface area contributed by atoms with Crippen LogP contribution in [0.3, 0.4) is 0 Å². The lowest BCUT2D eigenvalue weighted by Gasteiger charge is -2.35. The summed E-state index contributed by atoms with van der Waals surface area (Å²) in [6.07, 6.45) is 8.32. The van der Waals surface area contributed by atoms with Crippen LogP contribution < -0.4 is 31.3 Å². The molecule has 22 heteroatoms. The Morgan fingerprint density at radius 2 is 1.70 bits per heavy atom. The number of urea groups is 1. The van der Waals surface area contributed by atoms with Gasteiger partial charge >= 0.3 is 12.2 Å². The van der Waals surface area contributed by atoms with Crippen molar-refractivity contribution in [1.82, 2.24) is 45.5 Å². The number of nitrogens with zero attached hydrogens (tertiary/aromatic N) is 7. The van der Waals surface area contributed by atoms with Gasteiger partial charge in [-0.2, -0.15) is 18.3 Å². The smallest absolute Gasteiger partial charge is 0.416 e. The summed E-state index contributed by atoms with van der Waals surface area (Å²) >= 11 is 0. The van der Waals surface area contributed by atoms with Gasteiger partial charge in [0.25, 0.3) is 11.8 Å². The summed E-state index contributed by atoms with van der Waals surface area (Å²) < 4.78 is 45.0. The molecule has 5 heterocycles. The number of anilines is 3. The number of ether oxygens (including phenoxy) is 1. The fraction of sp³-hybridized carbons (Fsp3) is 0.392. The van der Waals surface area contributed by atoms with Crippen molar-refractivity contribution in [2.24, 2.45) is 0 Å². The summed E-state index contributed by atoms with van der Waals surface area (Å²) in [6.45, 7) is 2.81. The number of methoxy groups -OCH3 is 1. The summed E-state index contributed by atoms with van der Waals surface area (Å²) in [6, 6.07) is 12.3. The van der Waals surface area contributed by atoms with Crippen molar-refractivity contribution in [3.63, 3.8) is 0 Å². The SMILES string of the molecule is COc1ccc(C(=O)N2CCN(CCC(=O)N(CCC/C=C/c3cnc(N)c4c(-c5ccc(C(=O)Nc6cc(C(F)(F)F)ccn6)cc5)[nH]nc34)CC(=O)NC3CCCCC3)CC2)cc1N1CCC(=O)NC1=O. The number of aromatic nitrogens is 4. The molecule has 3 aliphatic rings. The molecule has 2 saturated heterocycles. The number of fused-ring (bicyclic) bond motifs is 1. The number of amides is 7. The number of piperazine rings is 1. The molecule has 384 valence electrons. The number of imide groups is 1. The minimum Gasteiger partial charge on any atom is -0.495 e. The highest BCUT2D eigenvalue weighted by molar-refractivity contribution is 6.08. The minimum atomic E-state index is -4.59. The van der Waals surface area contributed by atoms with Crippen LogP contribution in [0.15, 0.2) is 73.1 Å². The quantitative estimate of drug-likeness (QED) is 0.0650. The molecular formula is C51H57F3N12O7. The van der Waals surface area contributed by atoms with Gasteiger partial charge in [-0.05, 0) is 68.1 Å². The zero-order chi connectivity index (χ0) is 51.6.